The molecule has 0 atom stereocenters. The maximum Gasteiger partial charge on any atom is 0.332 e. The summed E-state index contributed by atoms with van der Waals surface area (Å²) in [6, 6.07) is 7.57. The lowest BCUT2D eigenvalue weighted by atomic mass is 9.89. The van der Waals surface area contributed by atoms with Crippen LogP contribution < -0.4 is 11.2 Å². The summed E-state index contributed by atoms with van der Waals surface area (Å²) in [6.45, 7) is 5.82. The maximum absolute atomic E-state index is 14.4. The van der Waals surface area contributed by atoms with Crippen LogP contribution in [0.15, 0.2) is 39.9 Å². The largest absolute Gasteiger partial charge is 0.478 e. The van der Waals surface area contributed by atoms with E-state index in [9.17, 15) is 14.4 Å². The lowest BCUT2D eigenvalue weighted by molar-refractivity contribution is -0.131. The zero-order valence-electron chi connectivity index (χ0n) is 26.4. The Bertz CT molecular complexity index is 1600. The molecular weight excluding hydrogens is 570 g/mol. The Balaban J connectivity index is 1.45. The third-order valence-electron chi connectivity index (χ3n) is 9.99. The van der Waals surface area contributed by atoms with Crippen LogP contribution in [0, 0.1) is 11.8 Å². The molecule has 2 aliphatic carbocycles. The third kappa shape index (κ3) is 7.49. The number of aliphatic carboxylic acids is 1. The highest BCUT2D eigenvalue weighted by Crippen LogP contribution is 2.29. The third-order valence-corrected chi connectivity index (χ3v) is 9.99. The number of rotatable bonds is 11. The van der Waals surface area contributed by atoms with Crippen LogP contribution in [0.5, 0.6) is 0 Å². The van der Waals surface area contributed by atoms with Gasteiger partial charge in [-0.1, -0.05) is 62.8 Å². The van der Waals surface area contributed by atoms with Gasteiger partial charge in [-0.2, -0.15) is 0 Å². The lowest BCUT2D eigenvalue weighted by Gasteiger charge is -2.26. The SMILES string of the molecule is O=C(O)/C=C/c1ccc(-c2nc3c(c(=O)n(CC4CCCCC4)c(=O)n3CC3CCCCC3)n2CCCN2CCOCC2)cc1. The van der Waals surface area contributed by atoms with E-state index < -0.39 is 5.97 Å². The quantitative estimate of drug-likeness (QED) is 0.301. The zero-order valence-corrected chi connectivity index (χ0v) is 26.4. The molecule has 2 saturated carbocycles. The van der Waals surface area contributed by atoms with Gasteiger partial charge in [0.2, 0.25) is 0 Å². The number of nitrogens with zero attached hydrogens (tertiary/aromatic N) is 5. The summed E-state index contributed by atoms with van der Waals surface area (Å²) < 4.78 is 10.9. The molecule has 3 heterocycles. The van der Waals surface area contributed by atoms with Gasteiger partial charge in [0.15, 0.2) is 11.2 Å². The Morgan fingerprint density at radius 1 is 0.844 bits per heavy atom. The highest BCUT2D eigenvalue weighted by Gasteiger charge is 2.26. The smallest absolute Gasteiger partial charge is 0.332 e. The summed E-state index contributed by atoms with van der Waals surface area (Å²) in [6.07, 6.45) is 14.9. The van der Waals surface area contributed by atoms with Crippen molar-refractivity contribution < 1.29 is 14.6 Å². The van der Waals surface area contributed by atoms with Gasteiger partial charge in [0.1, 0.15) is 5.82 Å². The van der Waals surface area contributed by atoms with Crippen LogP contribution in [-0.2, 0) is 29.2 Å². The van der Waals surface area contributed by atoms with E-state index in [1.54, 1.807) is 6.08 Å². The number of fused-ring (bicyclic) bond motifs is 1. The van der Waals surface area contributed by atoms with Crippen molar-refractivity contribution in [3.63, 3.8) is 0 Å². The van der Waals surface area contributed by atoms with Crippen LogP contribution >= 0.6 is 0 Å². The fourth-order valence-corrected chi connectivity index (χ4v) is 7.50. The lowest BCUT2D eigenvalue weighted by Crippen LogP contribution is -2.43. The number of carbonyl (C=O) groups is 1. The van der Waals surface area contributed by atoms with Gasteiger partial charge in [-0.25, -0.2) is 14.6 Å². The van der Waals surface area contributed by atoms with E-state index in [0.29, 0.717) is 48.5 Å². The van der Waals surface area contributed by atoms with Crippen molar-refractivity contribution in [2.45, 2.75) is 90.3 Å². The van der Waals surface area contributed by atoms with Crippen LogP contribution in [0.2, 0.25) is 0 Å². The molecule has 0 radical (unpaired) electrons. The van der Waals surface area contributed by atoms with Gasteiger partial charge in [-0.05, 0) is 55.6 Å². The predicted octanol–water partition coefficient (Wildman–Crippen LogP) is 5.01. The van der Waals surface area contributed by atoms with Crippen LogP contribution in [0.1, 0.15) is 76.2 Å². The monoisotopic (exact) mass is 617 g/mol. The molecule has 10 heteroatoms. The van der Waals surface area contributed by atoms with Gasteiger partial charge < -0.3 is 14.4 Å². The molecule has 45 heavy (non-hydrogen) atoms. The first-order chi connectivity index (χ1) is 22.0. The Labute approximate surface area is 264 Å². The number of benzene rings is 1. The Hall–Kier alpha value is -3.50. The molecule has 10 nitrogen and oxygen atoms in total. The summed E-state index contributed by atoms with van der Waals surface area (Å²) in [5, 5.41) is 9.05. The van der Waals surface area contributed by atoms with Crippen molar-refractivity contribution in [2.24, 2.45) is 11.8 Å². The van der Waals surface area contributed by atoms with E-state index in [1.807, 2.05) is 33.4 Å². The van der Waals surface area contributed by atoms with Crippen molar-refractivity contribution in [1.29, 1.82) is 0 Å². The molecule has 1 aliphatic heterocycles. The summed E-state index contributed by atoms with van der Waals surface area (Å²) in [7, 11) is 0. The molecule has 3 fully saturated rings. The maximum atomic E-state index is 14.4. The molecule has 0 bridgehead atoms. The molecule has 242 valence electrons. The fraction of sp³-hybridized carbons (Fsp3) is 0.600. The average molecular weight is 618 g/mol. The first kappa shape index (κ1) is 31.5. The van der Waals surface area contributed by atoms with Crippen molar-refractivity contribution in [3.05, 3.63) is 56.7 Å². The van der Waals surface area contributed by atoms with Gasteiger partial charge in [0, 0.05) is 50.9 Å². The standard InChI is InChI=1S/C35H47N5O5/c41-30(42)17-14-26-12-15-29(16-13-26)32-36-33-31(38(32)19-7-18-37-20-22-45-23-21-37)34(43)40(25-28-10-5-2-6-11-28)35(44)39(33)24-27-8-3-1-4-9-27/h12-17,27-28H,1-11,18-25H2,(H,41,42)/b17-14+. The zero-order chi connectivity index (χ0) is 31.2. The van der Waals surface area contributed by atoms with Crippen molar-refractivity contribution >= 4 is 23.2 Å². The van der Waals surface area contributed by atoms with Gasteiger partial charge in [0.05, 0.1) is 13.2 Å². The Morgan fingerprint density at radius 3 is 2.09 bits per heavy atom. The number of carboxylic acid groups (broad SMARTS) is 1. The second kappa shape index (κ2) is 14.7. The van der Waals surface area contributed by atoms with Crippen LogP contribution in [0.4, 0.5) is 0 Å². The summed E-state index contributed by atoms with van der Waals surface area (Å²) in [5.41, 5.74) is 2.16. The highest BCUT2D eigenvalue weighted by molar-refractivity contribution is 5.85. The number of imidazole rings is 1. The molecule has 0 amide bonds. The van der Waals surface area contributed by atoms with Crippen LogP contribution in [0.3, 0.4) is 0 Å². The number of hydrogen-bond acceptors (Lipinski definition) is 6. The van der Waals surface area contributed by atoms with Gasteiger partial charge in [-0.3, -0.25) is 18.8 Å². The second-order valence-corrected chi connectivity index (χ2v) is 13.2. The van der Waals surface area contributed by atoms with E-state index in [1.165, 1.54) is 30.3 Å². The minimum atomic E-state index is -0.999. The second-order valence-electron chi connectivity index (χ2n) is 13.2. The highest BCUT2D eigenvalue weighted by atomic mass is 16.5. The van der Waals surface area contributed by atoms with E-state index >= 15 is 0 Å². The van der Waals surface area contributed by atoms with E-state index in [-0.39, 0.29) is 11.2 Å². The number of morpholine rings is 1. The van der Waals surface area contributed by atoms with E-state index in [2.05, 4.69) is 4.90 Å². The van der Waals surface area contributed by atoms with Crippen LogP contribution in [-0.4, -0.2) is 67.5 Å². The van der Waals surface area contributed by atoms with E-state index in [4.69, 9.17) is 14.8 Å². The van der Waals surface area contributed by atoms with Gasteiger partial charge in [0.25, 0.3) is 5.56 Å². The van der Waals surface area contributed by atoms with Crippen molar-refractivity contribution in [2.75, 3.05) is 32.8 Å². The van der Waals surface area contributed by atoms with Crippen molar-refractivity contribution in [1.82, 2.24) is 23.6 Å². The molecule has 6 rings (SSSR count). The number of hydrogen-bond donors (Lipinski definition) is 1. The van der Waals surface area contributed by atoms with Crippen LogP contribution in [0.25, 0.3) is 28.6 Å². The minimum Gasteiger partial charge on any atom is -0.478 e. The van der Waals surface area contributed by atoms with Gasteiger partial charge in [-0.15, -0.1) is 0 Å². The average Bonchev–Trinajstić information content (AvgIpc) is 3.45. The topological polar surface area (TPSA) is 112 Å². The number of aromatic nitrogens is 4. The predicted molar refractivity (Wildman–Crippen MR) is 175 cm³/mol. The minimum absolute atomic E-state index is 0.220. The van der Waals surface area contributed by atoms with Gasteiger partial charge >= 0.3 is 11.7 Å². The molecule has 1 saturated heterocycles. The normalized spacial score (nSPS) is 19.1. The first-order valence-corrected chi connectivity index (χ1v) is 17.0. The summed E-state index contributed by atoms with van der Waals surface area (Å²) in [4.78, 5) is 47.1. The molecule has 2 aromatic heterocycles. The molecule has 3 aromatic rings. The molecule has 0 unspecified atom stereocenters. The molecule has 1 aromatic carbocycles. The first-order valence-electron chi connectivity index (χ1n) is 17.0. The number of ether oxygens (including phenoxy) is 1. The van der Waals surface area contributed by atoms with E-state index in [0.717, 1.165) is 95.0 Å². The molecule has 0 spiro atoms. The molecule has 3 aliphatic rings. The summed E-state index contributed by atoms with van der Waals surface area (Å²) in [5.74, 6) is 0.412. The fourth-order valence-electron chi connectivity index (χ4n) is 7.50. The number of carboxylic acids is 1. The van der Waals surface area contributed by atoms with Crippen molar-refractivity contribution in [3.8, 4) is 11.4 Å². The summed E-state index contributed by atoms with van der Waals surface area (Å²) >= 11 is 0. The molecular formula is C35H47N5O5. The Morgan fingerprint density at radius 2 is 1.47 bits per heavy atom. The molecule has 1 N–H and O–H groups in total. The number of aryl methyl sites for hydroxylation is 1. The Kier molecular flexibility index (Phi) is 10.3.